The molecule has 0 unspecified atom stereocenters. The molecule has 5 heteroatoms. The monoisotopic (exact) mass is 293 g/mol. The quantitative estimate of drug-likeness (QED) is 0.873. The zero-order valence-electron chi connectivity index (χ0n) is 12.0. The van der Waals surface area contributed by atoms with Gasteiger partial charge in [0.2, 0.25) is 0 Å². The molecule has 2 aromatic carbocycles. The lowest BCUT2D eigenvalue weighted by Gasteiger charge is -2.12. The molecule has 2 aromatic rings. The maximum absolute atomic E-state index is 13.5. The molecule has 112 valence electrons. The molecule has 0 saturated heterocycles. The van der Waals surface area contributed by atoms with E-state index in [2.05, 4.69) is 5.32 Å². The molecule has 0 fully saturated rings. The van der Waals surface area contributed by atoms with Crippen molar-refractivity contribution in [3.63, 3.8) is 0 Å². The number of halogens is 2. The van der Waals surface area contributed by atoms with Gasteiger partial charge < -0.3 is 14.8 Å². The summed E-state index contributed by atoms with van der Waals surface area (Å²) in [6.07, 6.45) is 0. The van der Waals surface area contributed by atoms with Crippen LogP contribution in [0, 0.1) is 11.6 Å². The number of hydrogen-bond acceptors (Lipinski definition) is 3. The molecule has 0 aliphatic heterocycles. The van der Waals surface area contributed by atoms with Crippen LogP contribution in [0.5, 0.6) is 11.5 Å². The standard InChI is InChI=1S/C16H17F2NO2/c1-3-21-15-7-4-11(8-16(15)20-2)10-19-14-9-12(17)5-6-13(14)18/h4-9,19H,3,10H2,1-2H3. The largest absolute Gasteiger partial charge is 0.493 e. The van der Waals surface area contributed by atoms with Crippen molar-refractivity contribution in [3.8, 4) is 11.5 Å². The number of anilines is 1. The summed E-state index contributed by atoms with van der Waals surface area (Å²) in [5, 5.41) is 2.86. The topological polar surface area (TPSA) is 30.5 Å². The highest BCUT2D eigenvalue weighted by atomic mass is 19.1. The Bertz CT molecular complexity index is 617. The van der Waals surface area contributed by atoms with Gasteiger partial charge in [-0.25, -0.2) is 8.78 Å². The normalized spacial score (nSPS) is 10.3. The van der Waals surface area contributed by atoms with Gasteiger partial charge >= 0.3 is 0 Å². The maximum atomic E-state index is 13.5. The third kappa shape index (κ3) is 3.84. The summed E-state index contributed by atoms with van der Waals surface area (Å²) in [6.45, 7) is 2.78. The van der Waals surface area contributed by atoms with Crippen molar-refractivity contribution < 1.29 is 18.3 Å². The number of benzene rings is 2. The Morgan fingerprint density at radius 3 is 2.57 bits per heavy atom. The van der Waals surface area contributed by atoms with Crippen LogP contribution in [0.1, 0.15) is 12.5 Å². The third-order valence-corrected chi connectivity index (χ3v) is 2.94. The summed E-state index contributed by atoms with van der Waals surface area (Å²) in [4.78, 5) is 0. The summed E-state index contributed by atoms with van der Waals surface area (Å²) in [5.41, 5.74) is 1.00. The molecule has 0 spiro atoms. The summed E-state index contributed by atoms with van der Waals surface area (Å²) in [6, 6.07) is 8.74. The van der Waals surface area contributed by atoms with E-state index in [0.717, 1.165) is 23.8 Å². The molecule has 0 atom stereocenters. The first-order valence-electron chi connectivity index (χ1n) is 6.62. The number of ether oxygens (including phenoxy) is 2. The van der Waals surface area contributed by atoms with Gasteiger partial charge in [0.25, 0.3) is 0 Å². The van der Waals surface area contributed by atoms with Gasteiger partial charge in [-0.1, -0.05) is 6.07 Å². The van der Waals surface area contributed by atoms with E-state index < -0.39 is 11.6 Å². The van der Waals surface area contributed by atoms with Crippen molar-refractivity contribution in [2.75, 3.05) is 19.0 Å². The molecule has 0 saturated carbocycles. The van der Waals surface area contributed by atoms with Crippen LogP contribution >= 0.6 is 0 Å². The van der Waals surface area contributed by atoms with Crippen LogP contribution in [-0.4, -0.2) is 13.7 Å². The fourth-order valence-electron chi connectivity index (χ4n) is 1.93. The predicted octanol–water partition coefficient (Wildman–Crippen LogP) is 3.98. The third-order valence-electron chi connectivity index (χ3n) is 2.94. The molecular weight excluding hydrogens is 276 g/mol. The van der Waals surface area contributed by atoms with Crippen molar-refractivity contribution in [1.82, 2.24) is 0 Å². The molecule has 0 bridgehead atoms. The Balaban J connectivity index is 2.11. The Hall–Kier alpha value is -2.30. The van der Waals surface area contributed by atoms with Crippen molar-refractivity contribution in [2.45, 2.75) is 13.5 Å². The first-order chi connectivity index (χ1) is 10.1. The average molecular weight is 293 g/mol. The lowest BCUT2D eigenvalue weighted by molar-refractivity contribution is 0.310. The second-order valence-corrected chi connectivity index (χ2v) is 4.40. The predicted molar refractivity (Wildman–Crippen MR) is 77.8 cm³/mol. The molecule has 3 nitrogen and oxygen atoms in total. The first kappa shape index (κ1) is 15.1. The van der Waals surface area contributed by atoms with Crippen LogP contribution in [0.4, 0.5) is 14.5 Å². The molecule has 0 heterocycles. The molecule has 1 N–H and O–H groups in total. The molecule has 0 aromatic heterocycles. The van der Waals surface area contributed by atoms with E-state index >= 15 is 0 Å². The van der Waals surface area contributed by atoms with Gasteiger partial charge in [-0.3, -0.25) is 0 Å². The molecule has 2 rings (SSSR count). The van der Waals surface area contributed by atoms with Crippen LogP contribution in [-0.2, 0) is 6.54 Å². The van der Waals surface area contributed by atoms with Crippen LogP contribution in [0.15, 0.2) is 36.4 Å². The fourth-order valence-corrected chi connectivity index (χ4v) is 1.93. The molecule has 21 heavy (non-hydrogen) atoms. The van der Waals surface area contributed by atoms with E-state index in [-0.39, 0.29) is 5.69 Å². The summed E-state index contributed by atoms with van der Waals surface area (Å²) < 4.78 is 37.3. The van der Waals surface area contributed by atoms with Gasteiger partial charge in [0, 0.05) is 6.54 Å². The molecule has 0 amide bonds. The van der Waals surface area contributed by atoms with E-state index in [1.165, 1.54) is 0 Å². The van der Waals surface area contributed by atoms with Gasteiger partial charge in [0.15, 0.2) is 11.5 Å². The Labute approximate surface area is 122 Å². The van der Waals surface area contributed by atoms with Crippen LogP contribution < -0.4 is 14.8 Å². The average Bonchev–Trinajstić information content (AvgIpc) is 2.49. The zero-order chi connectivity index (χ0) is 15.2. The Kier molecular flexibility index (Phi) is 4.98. The highest BCUT2D eigenvalue weighted by molar-refractivity contribution is 5.47. The van der Waals surface area contributed by atoms with Crippen molar-refractivity contribution in [1.29, 1.82) is 0 Å². The highest BCUT2D eigenvalue weighted by Crippen LogP contribution is 2.28. The van der Waals surface area contributed by atoms with Gasteiger partial charge in [-0.2, -0.15) is 0 Å². The number of hydrogen-bond donors (Lipinski definition) is 1. The fraction of sp³-hybridized carbons (Fsp3) is 0.250. The van der Waals surface area contributed by atoms with Gasteiger partial charge in [0.1, 0.15) is 11.6 Å². The molecular formula is C16H17F2NO2. The van der Waals surface area contributed by atoms with E-state index in [1.54, 1.807) is 19.2 Å². The second kappa shape index (κ2) is 6.92. The van der Waals surface area contributed by atoms with E-state index in [0.29, 0.717) is 24.7 Å². The van der Waals surface area contributed by atoms with E-state index in [9.17, 15) is 8.78 Å². The molecule has 0 radical (unpaired) electrons. The lowest BCUT2D eigenvalue weighted by Crippen LogP contribution is -2.03. The van der Waals surface area contributed by atoms with Crippen LogP contribution in [0.25, 0.3) is 0 Å². The minimum absolute atomic E-state index is 0.128. The zero-order valence-corrected chi connectivity index (χ0v) is 12.0. The smallest absolute Gasteiger partial charge is 0.161 e. The van der Waals surface area contributed by atoms with Crippen molar-refractivity contribution in [3.05, 3.63) is 53.6 Å². The number of rotatable bonds is 6. The Morgan fingerprint density at radius 1 is 1.05 bits per heavy atom. The molecule has 0 aliphatic carbocycles. The van der Waals surface area contributed by atoms with Crippen molar-refractivity contribution in [2.24, 2.45) is 0 Å². The van der Waals surface area contributed by atoms with Crippen LogP contribution in [0.3, 0.4) is 0 Å². The van der Waals surface area contributed by atoms with Gasteiger partial charge in [-0.15, -0.1) is 0 Å². The SMILES string of the molecule is CCOc1ccc(CNc2cc(F)ccc2F)cc1OC. The van der Waals surface area contributed by atoms with E-state index in [4.69, 9.17) is 9.47 Å². The molecule has 0 aliphatic rings. The highest BCUT2D eigenvalue weighted by Gasteiger charge is 2.07. The van der Waals surface area contributed by atoms with Crippen LogP contribution in [0.2, 0.25) is 0 Å². The number of nitrogens with one attached hydrogen (secondary N) is 1. The lowest BCUT2D eigenvalue weighted by atomic mass is 10.2. The second-order valence-electron chi connectivity index (χ2n) is 4.40. The number of methoxy groups -OCH3 is 1. The maximum Gasteiger partial charge on any atom is 0.161 e. The van der Waals surface area contributed by atoms with E-state index in [1.807, 2.05) is 13.0 Å². The summed E-state index contributed by atoms with van der Waals surface area (Å²) >= 11 is 0. The van der Waals surface area contributed by atoms with Crippen molar-refractivity contribution >= 4 is 5.69 Å². The van der Waals surface area contributed by atoms with Gasteiger partial charge in [0.05, 0.1) is 19.4 Å². The summed E-state index contributed by atoms with van der Waals surface area (Å²) in [7, 11) is 1.56. The first-order valence-corrected chi connectivity index (χ1v) is 6.62. The summed E-state index contributed by atoms with van der Waals surface area (Å²) in [5.74, 6) is 0.286. The minimum atomic E-state index is -0.491. The Morgan fingerprint density at radius 2 is 1.86 bits per heavy atom. The van der Waals surface area contributed by atoms with Gasteiger partial charge in [-0.05, 0) is 42.8 Å². The minimum Gasteiger partial charge on any atom is -0.493 e.